The first-order valence-electron chi connectivity index (χ1n) is 4.93. The van der Waals surface area contributed by atoms with Gasteiger partial charge in [0.2, 0.25) is 5.91 Å². The van der Waals surface area contributed by atoms with E-state index in [1.807, 2.05) is 20.8 Å². The molecule has 3 nitrogen and oxygen atoms in total. The molecule has 76 valence electrons. The Bertz CT molecular complexity index is 190. The average molecular weight is 184 g/mol. The molecule has 13 heavy (non-hydrogen) atoms. The van der Waals surface area contributed by atoms with Crippen molar-refractivity contribution in [3.05, 3.63) is 0 Å². The number of hydrogen-bond donors (Lipinski definition) is 2. The Labute approximate surface area is 80.1 Å². The van der Waals surface area contributed by atoms with Crippen LogP contribution in [0.2, 0.25) is 0 Å². The van der Waals surface area contributed by atoms with Crippen LogP contribution < -0.4 is 11.1 Å². The van der Waals surface area contributed by atoms with Crippen LogP contribution in [-0.2, 0) is 4.79 Å². The van der Waals surface area contributed by atoms with E-state index in [4.69, 9.17) is 5.73 Å². The summed E-state index contributed by atoms with van der Waals surface area (Å²) in [4.78, 5) is 11.4. The highest BCUT2D eigenvalue weighted by atomic mass is 16.2. The van der Waals surface area contributed by atoms with Crippen molar-refractivity contribution >= 4 is 5.91 Å². The second-order valence-corrected chi connectivity index (χ2v) is 5.06. The summed E-state index contributed by atoms with van der Waals surface area (Å²) in [6.45, 7) is 6.57. The van der Waals surface area contributed by atoms with E-state index in [1.54, 1.807) is 0 Å². The molecule has 0 aliphatic heterocycles. The van der Waals surface area contributed by atoms with Gasteiger partial charge in [0.25, 0.3) is 0 Å². The van der Waals surface area contributed by atoms with E-state index in [2.05, 4.69) is 5.32 Å². The zero-order chi connectivity index (χ0) is 10.1. The van der Waals surface area contributed by atoms with Crippen molar-refractivity contribution in [1.29, 1.82) is 0 Å². The van der Waals surface area contributed by atoms with Crippen LogP contribution in [0.25, 0.3) is 0 Å². The Kier molecular flexibility index (Phi) is 2.96. The van der Waals surface area contributed by atoms with Crippen molar-refractivity contribution in [3.63, 3.8) is 0 Å². The molecule has 0 atom stereocenters. The van der Waals surface area contributed by atoms with Crippen LogP contribution in [0.3, 0.4) is 0 Å². The molecular formula is C10H20N2O. The molecule has 0 aromatic carbocycles. The van der Waals surface area contributed by atoms with Crippen molar-refractivity contribution in [2.75, 3.05) is 6.54 Å². The summed E-state index contributed by atoms with van der Waals surface area (Å²) in [5, 5.41) is 2.95. The lowest BCUT2D eigenvalue weighted by atomic mass is 9.81. The molecule has 1 amide bonds. The molecular weight excluding hydrogens is 164 g/mol. The summed E-state index contributed by atoms with van der Waals surface area (Å²) in [5.41, 5.74) is 5.38. The first-order valence-corrected chi connectivity index (χ1v) is 4.93. The molecule has 1 saturated carbocycles. The molecule has 3 heteroatoms. The molecule has 1 fully saturated rings. The number of nitrogens with two attached hydrogens (primary N) is 1. The van der Waals surface area contributed by atoms with Gasteiger partial charge >= 0.3 is 0 Å². The van der Waals surface area contributed by atoms with Crippen molar-refractivity contribution in [3.8, 4) is 0 Å². The summed E-state index contributed by atoms with van der Waals surface area (Å²) in [6.07, 6.45) is 2.12. The molecule has 0 saturated heterocycles. The molecule has 0 heterocycles. The van der Waals surface area contributed by atoms with Gasteiger partial charge in [0.1, 0.15) is 0 Å². The van der Waals surface area contributed by atoms with Gasteiger partial charge < -0.3 is 11.1 Å². The van der Waals surface area contributed by atoms with Crippen LogP contribution in [0.1, 0.15) is 33.6 Å². The fourth-order valence-electron chi connectivity index (χ4n) is 1.46. The van der Waals surface area contributed by atoms with Crippen LogP contribution in [0.15, 0.2) is 0 Å². The maximum absolute atomic E-state index is 11.4. The number of rotatable bonds is 2. The summed E-state index contributed by atoms with van der Waals surface area (Å²) >= 11 is 0. The maximum atomic E-state index is 11.4. The van der Waals surface area contributed by atoms with Gasteiger partial charge in [0.05, 0.1) is 0 Å². The predicted octanol–water partition coefficient (Wildman–Crippen LogP) is 0.886. The van der Waals surface area contributed by atoms with Gasteiger partial charge in [-0.1, -0.05) is 20.8 Å². The summed E-state index contributed by atoms with van der Waals surface area (Å²) in [7, 11) is 0. The number of hydrogen-bond acceptors (Lipinski definition) is 2. The Morgan fingerprint density at radius 1 is 1.46 bits per heavy atom. The lowest BCUT2D eigenvalue weighted by Gasteiger charge is -2.33. The van der Waals surface area contributed by atoms with Gasteiger partial charge in [-0.15, -0.1) is 0 Å². The van der Waals surface area contributed by atoms with Crippen LogP contribution in [0.4, 0.5) is 0 Å². The third-order valence-corrected chi connectivity index (χ3v) is 2.50. The SMILES string of the molecule is CC(C)(C)C(=O)NCC1CC(N)C1. The van der Waals surface area contributed by atoms with E-state index >= 15 is 0 Å². The molecule has 1 rings (SSSR count). The molecule has 0 radical (unpaired) electrons. The average Bonchev–Trinajstić information content (AvgIpc) is 1.93. The minimum Gasteiger partial charge on any atom is -0.355 e. The Morgan fingerprint density at radius 3 is 2.38 bits per heavy atom. The highest BCUT2D eigenvalue weighted by molar-refractivity contribution is 5.81. The molecule has 3 N–H and O–H groups in total. The monoisotopic (exact) mass is 184 g/mol. The van der Waals surface area contributed by atoms with E-state index in [9.17, 15) is 4.79 Å². The maximum Gasteiger partial charge on any atom is 0.225 e. The summed E-state index contributed by atoms with van der Waals surface area (Å²) < 4.78 is 0. The van der Waals surface area contributed by atoms with E-state index in [0.29, 0.717) is 12.0 Å². The van der Waals surface area contributed by atoms with E-state index in [0.717, 1.165) is 19.4 Å². The van der Waals surface area contributed by atoms with Gasteiger partial charge in [-0.3, -0.25) is 4.79 Å². The van der Waals surface area contributed by atoms with Gasteiger partial charge in [-0.25, -0.2) is 0 Å². The molecule has 0 aromatic rings. The first kappa shape index (κ1) is 10.5. The van der Waals surface area contributed by atoms with Gasteiger partial charge in [0.15, 0.2) is 0 Å². The van der Waals surface area contributed by atoms with Crippen LogP contribution in [-0.4, -0.2) is 18.5 Å². The van der Waals surface area contributed by atoms with Crippen molar-refractivity contribution in [2.45, 2.75) is 39.7 Å². The number of amides is 1. The number of carbonyl (C=O) groups is 1. The third kappa shape index (κ3) is 2.99. The molecule has 0 unspecified atom stereocenters. The third-order valence-electron chi connectivity index (χ3n) is 2.50. The van der Waals surface area contributed by atoms with E-state index < -0.39 is 0 Å². The molecule has 1 aliphatic carbocycles. The number of carbonyl (C=O) groups excluding carboxylic acids is 1. The van der Waals surface area contributed by atoms with Crippen molar-refractivity contribution < 1.29 is 4.79 Å². The van der Waals surface area contributed by atoms with Crippen molar-refractivity contribution in [1.82, 2.24) is 5.32 Å². The van der Waals surface area contributed by atoms with Crippen LogP contribution >= 0.6 is 0 Å². The number of nitrogens with one attached hydrogen (secondary N) is 1. The predicted molar refractivity (Wildman–Crippen MR) is 53.2 cm³/mol. The Hall–Kier alpha value is -0.570. The minimum absolute atomic E-state index is 0.132. The second kappa shape index (κ2) is 3.66. The van der Waals surface area contributed by atoms with E-state index in [-0.39, 0.29) is 11.3 Å². The minimum atomic E-state index is -0.272. The molecule has 1 aliphatic rings. The zero-order valence-corrected chi connectivity index (χ0v) is 8.76. The standard InChI is InChI=1S/C10H20N2O/c1-10(2,3)9(13)12-6-7-4-8(11)5-7/h7-8H,4-6,11H2,1-3H3,(H,12,13). The van der Waals surface area contributed by atoms with Gasteiger partial charge in [0, 0.05) is 18.0 Å². The summed E-state index contributed by atoms with van der Waals surface area (Å²) in [6, 6.07) is 0.372. The topological polar surface area (TPSA) is 55.1 Å². The van der Waals surface area contributed by atoms with Gasteiger partial charge in [-0.05, 0) is 18.8 Å². The van der Waals surface area contributed by atoms with Crippen molar-refractivity contribution in [2.24, 2.45) is 17.1 Å². The highest BCUT2D eigenvalue weighted by Crippen LogP contribution is 2.24. The zero-order valence-electron chi connectivity index (χ0n) is 8.76. The normalized spacial score (nSPS) is 28.0. The van der Waals surface area contributed by atoms with Crippen LogP contribution in [0.5, 0.6) is 0 Å². The smallest absolute Gasteiger partial charge is 0.225 e. The first-order chi connectivity index (χ1) is 5.89. The molecule has 0 spiro atoms. The highest BCUT2D eigenvalue weighted by Gasteiger charge is 2.27. The fourth-order valence-corrected chi connectivity index (χ4v) is 1.46. The lowest BCUT2D eigenvalue weighted by molar-refractivity contribution is -0.128. The van der Waals surface area contributed by atoms with Crippen LogP contribution in [0, 0.1) is 11.3 Å². The molecule has 0 bridgehead atoms. The van der Waals surface area contributed by atoms with Gasteiger partial charge in [-0.2, -0.15) is 0 Å². The fraction of sp³-hybridized carbons (Fsp3) is 0.900. The van der Waals surface area contributed by atoms with E-state index in [1.165, 1.54) is 0 Å². The second-order valence-electron chi connectivity index (χ2n) is 5.06. The largest absolute Gasteiger partial charge is 0.355 e. The summed E-state index contributed by atoms with van der Waals surface area (Å²) in [5.74, 6) is 0.745. The Morgan fingerprint density at radius 2 is 2.00 bits per heavy atom. The quantitative estimate of drug-likeness (QED) is 0.669. The molecule has 0 aromatic heterocycles. The Balaban J connectivity index is 2.16. The lowest BCUT2D eigenvalue weighted by Crippen LogP contribution is -2.45.